The molecule has 0 spiro atoms. The van der Waals surface area contributed by atoms with E-state index >= 15 is 0 Å². The molecule has 0 bridgehead atoms. The van der Waals surface area contributed by atoms with Crippen LogP contribution in [0.3, 0.4) is 0 Å². The number of esters is 3. The van der Waals surface area contributed by atoms with Gasteiger partial charge in [-0.25, -0.2) is 0 Å². The number of carbonyl (C=O) groups excluding carboxylic acids is 3. The van der Waals surface area contributed by atoms with Crippen molar-refractivity contribution < 1.29 is 28.6 Å². The molecule has 0 radical (unpaired) electrons. The zero-order valence-electron chi connectivity index (χ0n) is 38.2. The van der Waals surface area contributed by atoms with E-state index in [-0.39, 0.29) is 37.5 Å². The van der Waals surface area contributed by atoms with Crippen LogP contribution in [-0.4, -0.2) is 37.2 Å². The van der Waals surface area contributed by atoms with E-state index in [9.17, 15) is 14.4 Å². The maximum atomic E-state index is 12.7. The zero-order chi connectivity index (χ0) is 43.0. The van der Waals surface area contributed by atoms with Crippen molar-refractivity contribution in [3.8, 4) is 0 Å². The van der Waals surface area contributed by atoms with Crippen molar-refractivity contribution in [2.75, 3.05) is 13.2 Å². The molecule has 0 rings (SSSR count). The fraction of sp³-hybridized carbons (Fsp3) is 0.679. The second-order valence-electron chi connectivity index (χ2n) is 15.8. The summed E-state index contributed by atoms with van der Waals surface area (Å²) in [6.45, 7) is 6.38. The number of hydrogen-bond donors (Lipinski definition) is 0. The normalized spacial score (nSPS) is 12.8. The van der Waals surface area contributed by atoms with Gasteiger partial charge < -0.3 is 14.2 Å². The van der Waals surface area contributed by atoms with Crippen molar-refractivity contribution in [3.63, 3.8) is 0 Å². The highest BCUT2D eigenvalue weighted by atomic mass is 16.6. The summed E-state index contributed by atoms with van der Waals surface area (Å²) < 4.78 is 16.7. The first-order valence-electron chi connectivity index (χ1n) is 24.2. The monoisotopic (exact) mass is 821 g/mol. The molecule has 0 aromatic carbocycles. The molecule has 0 saturated heterocycles. The number of unbranched alkanes of at least 4 members (excludes halogenated alkanes) is 21. The Hall–Kier alpha value is -3.41. The number of rotatable bonds is 42. The fourth-order valence-electron chi connectivity index (χ4n) is 6.32. The molecule has 0 fully saturated rings. The molecule has 0 aliphatic heterocycles. The lowest BCUT2D eigenvalue weighted by Crippen LogP contribution is -2.30. The van der Waals surface area contributed by atoms with Crippen molar-refractivity contribution in [2.24, 2.45) is 0 Å². The van der Waals surface area contributed by atoms with Gasteiger partial charge in [-0.15, -0.1) is 0 Å². The van der Waals surface area contributed by atoms with Crippen LogP contribution in [0.2, 0.25) is 0 Å². The lowest BCUT2D eigenvalue weighted by molar-refractivity contribution is -0.167. The first kappa shape index (κ1) is 55.6. The van der Waals surface area contributed by atoms with Crippen LogP contribution in [-0.2, 0) is 28.6 Å². The molecule has 0 heterocycles. The Labute approximate surface area is 363 Å². The average molecular weight is 821 g/mol. The summed E-state index contributed by atoms with van der Waals surface area (Å²) >= 11 is 0. The topological polar surface area (TPSA) is 78.9 Å². The Kier molecular flexibility index (Phi) is 44.5. The van der Waals surface area contributed by atoms with E-state index in [0.29, 0.717) is 19.3 Å². The summed E-state index contributed by atoms with van der Waals surface area (Å²) in [5.74, 6) is -0.987. The van der Waals surface area contributed by atoms with E-state index in [4.69, 9.17) is 14.2 Å². The standard InChI is InChI=1S/C53H88O6/c1-4-7-10-13-16-19-22-25-26-27-29-31-34-37-40-43-46-52(55)58-49-50(48-57-51(54)45-42-39-36-33-30-24-21-18-15-12-9-6-3)59-53(56)47-44-41-38-35-32-28-23-20-17-14-11-8-5-2/h8,11,14,17-18,20-21,23,26-29,31-32,50H,4-7,9-10,12-13,15-16,19,22,24-25,30,33-49H2,1-3H3/b11-8-,17-14-,21-18-,23-20-,27-26-,31-29-,32-28-. The first-order chi connectivity index (χ1) is 29.0. The molecule has 1 unspecified atom stereocenters. The second-order valence-corrected chi connectivity index (χ2v) is 15.8. The minimum atomic E-state index is -0.810. The van der Waals surface area contributed by atoms with Gasteiger partial charge in [0.05, 0.1) is 0 Å². The van der Waals surface area contributed by atoms with Gasteiger partial charge in [-0.2, -0.15) is 0 Å². The van der Waals surface area contributed by atoms with Crippen LogP contribution in [0.4, 0.5) is 0 Å². The molecule has 0 amide bonds. The smallest absolute Gasteiger partial charge is 0.306 e. The first-order valence-corrected chi connectivity index (χ1v) is 24.2. The fourth-order valence-corrected chi connectivity index (χ4v) is 6.32. The van der Waals surface area contributed by atoms with Crippen LogP contribution in [0.15, 0.2) is 85.1 Å². The third kappa shape index (κ3) is 45.5. The van der Waals surface area contributed by atoms with E-state index < -0.39 is 6.10 Å². The van der Waals surface area contributed by atoms with Gasteiger partial charge in [0.15, 0.2) is 6.10 Å². The maximum Gasteiger partial charge on any atom is 0.306 e. The molecule has 336 valence electrons. The summed E-state index contributed by atoms with van der Waals surface area (Å²) in [5, 5.41) is 0. The van der Waals surface area contributed by atoms with Crippen LogP contribution in [0.25, 0.3) is 0 Å². The SMILES string of the molecule is CC\C=C/C=C\C=C/C=C\CCCCCC(=O)OC(COC(=O)CCCCC/C=C\C=C/CCCCCCCCC)COC(=O)CCCCCCC/C=C\CCCCC. The van der Waals surface area contributed by atoms with E-state index in [1.807, 2.05) is 36.5 Å². The van der Waals surface area contributed by atoms with Gasteiger partial charge in [0.25, 0.3) is 0 Å². The predicted molar refractivity (Wildman–Crippen MR) is 251 cm³/mol. The molecule has 0 aliphatic carbocycles. The van der Waals surface area contributed by atoms with Gasteiger partial charge in [-0.1, -0.05) is 189 Å². The van der Waals surface area contributed by atoms with Gasteiger partial charge in [0.1, 0.15) is 13.2 Å². The van der Waals surface area contributed by atoms with Crippen LogP contribution >= 0.6 is 0 Å². The lowest BCUT2D eigenvalue weighted by atomic mass is 10.1. The minimum Gasteiger partial charge on any atom is -0.462 e. The van der Waals surface area contributed by atoms with Crippen LogP contribution in [0.5, 0.6) is 0 Å². The summed E-state index contributed by atoms with van der Waals surface area (Å²) in [7, 11) is 0. The molecule has 0 aromatic heterocycles. The van der Waals surface area contributed by atoms with Crippen LogP contribution in [0.1, 0.15) is 213 Å². The molecule has 6 nitrogen and oxygen atoms in total. The highest BCUT2D eigenvalue weighted by molar-refractivity contribution is 5.71. The van der Waals surface area contributed by atoms with Gasteiger partial charge in [-0.05, 0) is 89.9 Å². The molecule has 6 heteroatoms. The Balaban J connectivity index is 4.50. The van der Waals surface area contributed by atoms with Crippen LogP contribution in [0, 0.1) is 0 Å². The van der Waals surface area contributed by atoms with Crippen molar-refractivity contribution in [1.29, 1.82) is 0 Å². The van der Waals surface area contributed by atoms with E-state index in [0.717, 1.165) is 89.9 Å². The van der Waals surface area contributed by atoms with Gasteiger partial charge in [0.2, 0.25) is 0 Å². The van der Waals surface area contributed by atoms with Gasteiger partial charge in [-0.3, -0.25) is 14.4 Å². The summed E-state index contributed by atoms with van der Waals surface area (Å²) in [4.78, 5) is 37.8. The summed E-state index contributed by atoms with van der Waals surface area (Å²) in [5.41, 5.74) is 0. The molecule has 0 saturated carbocycles. The van der Waals surface area contributed by atoms with Crippen molar-refractivity contribution in [3.05, 3.63) is 85.1 Å². The number of allylic oxidation sites excluding steroid dienone is 14. The van der Waals surface area contributed by atoms with E-state index in [1.54, 1.807) is 0 Å². The van der Waals surface area contributed by atoms with E-state index in [1.165, 1.54) is 77.0 Å². The third-order valence-corrected chi connectivity index (χ3v) is 9.98. The molecular weight excluding hydrogens is 733 g/mol. The quantitative estimate of drug-likeness (QED) is 0.0201. The van der Waals surface area contributed by atoms with Crippen LogP contribution < -0.4 is 0 Å². The van der Waals surface area contributed by atoms with Gasteiger partial charge >= 0.3 is 17.9 Å². The average Bonchev–Trinajstić information content (AvgIpc) is 3.23. The summed E-state index contributed by atoms with van der Waals surface area (Å²) in [6, 6.07) is 0. The largest absolute Gasteiger partial charge is 0.462 e. The zero-order valence-corrected chi connectivity index (χ0v) is 38.2. The molecular formula is C53H88O6. The second kappa shape index (κ2) is 47.3. The van der Waals surface area contributed by atoms with Gasteiger partial charge in [0, 0.05) is 19.3 Å². The highest BCUT2D eigenvalue weighted by Gasteiger charge is 2.19. The third-order valence-electron chi connectivity index (χ3n) is 9.98. The number of carbonyl (C=O) groups is 3. The summed E-state index contributed by atoms with van der Waals surface area (Å²) in [6.07, 6.45) is 59.9. The Morgan fingerprint density at radius 1 is 0.356 bits per heavy atom. The van der Waals surface area contributed by atoms with Crippen molar-refractivity contribution >= 4 is 17.9 Å². The maximum absolute atomic E-state index is 12.7. The lowest BCUT2D eigenvalue weighted by Gasteiger charge is -2.18. The van der Waals surface area contributed by atoms with Crippen molar-refractivity contribution in [2.45, 2.75) is 219 Å². The number of hydrogen-bond acceptors (Lipinski definition) is 6. The highest BCUT2D eigenvalue weighted by Crippen LogP contribution is 2.12. The van der Waals surface area contributed by atoms with E-state index in [2.05, 4.69) is 69.4 Å². The molecule has 59 heavy (non-hydrogen) atoms. The number of ether oxygens (including phenoxy) is 3. The Bertz CT molecular complexity index is 1170. The molecule has 0 aromatic rings. The molecule has 0 N–H and O–H groups in total. The minimum absolute atomic E-state index is 0.106. The molecule has 0 aliphatic rings. The Morgan fingerprint density at radius 3 is 1.15 bits per heavy atom. The Morgan fingerprint density at radius 2 is 0.678 bits per heavy atom. The molecule has 1 atom stereocenters. The predicted octanol–water partition coefficient (Wildman–Crippen LogP) is 15.6. The van der Waals surface area contributed by atoms with Crippen molar-refractivity contribution in [1.82, 2.24) is 0 Å².